The minimum absolute atomic E-state index is 0.155. The Morgan fingerprint density at radius 1 is 1.12 bits per heavy atom. The van der Waals surface area contributed by atoms with Crippen LogP contribution in [0.2, 0.25) is 0 Å². The second-order valence-corrected chi connectivity index (χ2v) is 8.74. The number of amides is 1. The number of benzene rings is 2. The van der Waals surface area contributed by atoms with Gasteiger partial charge in [0.05, 0.1) is 13.2 Å². The number of nitrogen functional groups attached to an aromatic ring is 1. The van der Waals surface area contributed by atoms with Crippen molar-refractivity contribution in [2.45, 2.75) is 6.92 Å². The van der Waals surface area contributed by atoms with Gasteiger partial charge < -0.3 is 20.7 Å². The van der Waals surface area contributed by atoms with E-state index in [1.54, 1.807) is 6.20 Å². The van der Waals surface area contributed by atoms with Crippen LogP contribution in [0.25, 0.3) is 21.5 Å². The van der Waals surface area contributed by atoms with Crippen LogP contribution in [0.4, 0.5) is 16.5 Å². The average Bonchev–Trinajstić information content (AvgIpc) is 3.19. The first-order valence-electron chi connectivity index (χ1n) is 10.4. The van der Waals surface area contributed by atoms with Crippen molar-refractivity contribution >= 4 is 44.1 Å². The van der Waals surface area contributed by atoms with Gasteiger partial charge in [0.15, 0.2) is 5.13 Å². The van der Waals surface area contributed by atoms with Gasteiger partial charge in [0.25, 0.3) is 5.91 Å². The van der Waals surface area contributed by atoms with Crippen LogP contribution >= 0.6 is 11.3 Å². The van der Waals surface area contributed by atoms with E-state index in [-0.39, 0.29) is 5.91 Å². The third kappa shape index (κ3) is 4.15. The highest BCUT2D eigenvalue weighted by molar-refractivity contribution is 7.21. The summed E-state index contributed by atoms with van der Waals surface area (Å²) in [6, 6.07) is 15.6. The molecular formula is C24H23N5O2S. The molecule has 2 aromatic carbocycles. The van der Waals surface area contributed by atoms with Crippen molar-refractivity contribution < 1.29 is 9.53 Å². The minimum atomic E-state index is -0.155. The predicted molar refractivity (Wildman–Crippen MR) is 129 cm³/mol. The summed E-state index contributed by atoms with van der Waals surface area (Å²) in [6.45, 7) is 5.26. The average molecular weight is 446 g/mol. The van der Waals surface area contributed by atoms with Crippen molar-refractivity contribution in [3.8, 4) is 11.1 Å². The Bertz CT molecular complexity index is 1280. The Labute approximate surface area is 189 Å². The molecule has 0 radical (unpaired) electrons. The topological polar surface area (TPSA) is 93.4 Å². The van der Waals surface area contributed by atoms with Gasteiger partial charge in [-0.15, -0.1) is 0 Å². The number of aryl methyl sites for hydroxylation is 1. The molecule has 8 heteroatoms. The fourth-order valence-corrected chi connectivity index (χ4v) is 4.50. The van der Waals surface area contributed by atoms with E-state index in [9.17, 15) is 4.79 Å². The molecule has 162 valence electrons. The molecule has 4 aromatic rings. The van der Waals surface area contributed by atoms with Gasteiger partial charge in [0.2, 0.25) is 0 Å². The van der Waals surface area contributed by atoms with E-state index in [1.807, 2.05) is 55.5 Å². The number of nitrogens with zero attached hydrogens (tertiary/aromatic N) is 3. The lowest BCUT2D eigenvalue weighted by Crippen LogP contribution is -2.36. The van der Waals surface area contributed by atoms with Crippen molar-refractivity contribution in [2.24, 2.45) is 0 Å². The van der Waals surface area contributed by atoms with E-state index < -0.39 is 0 Å². The number of anilines is 3. The lowest BCUT2D eigenvalue weighted by Gasteiger charge is -2.28. The van der Waals surface area contributed by atoms with E-state index in [2.05, 4.69) is 20.2 Å². The quantitative estimate of drug-likeness (QED) is 0.485. The van der Waals surface area contributed by atoms with Crippen LogP contribution in [-0.4, -0.2) is 42.2 Å². The fraction of sp³-hybridized carbons (Fsp3) is 0.208. The second kappa shape index (κ2) is 8.57. The third-order valence-electron chi connectivity index (χ3n) is 5.58. The number of thiazole rings is 1. The maximum Gasteiger partial charge on any atom is 0.255 e. The Morgan fingerprint density at radius 2 is 1.91 bits per heavy atom. The molecule has 0 saturated carbocycles. The maximum atomic E-state index is 12.9. The van der Waals surface area contributed by atoms with Crippen molar-refractivity contribution in [3.63, 3.8) is 0 Å². The number of hydrogen-bond donors (Lipinski definition) is 2. The van der Waals surface area contributed by atoms with E-state index in [0.29, 0.717) is 10.7 Å². The van der Waals surface area contributed by atoms with Crippen LogP contribution in [0.5, 0.6) is 0 Å². The van der Waals surface area contributed by atoms with E-state index in [1.165, 1.54) is 11.3 Å². The smallest absolute Gasteiger partial charge is 0.255 e. The van der Waals surface area contributed by atoms with Crippen LogP contribution < -0.4 is 16.0 Å². The number of hydrogen-bond acceptors (Lipinski definition) is 7. The van der Waals surface area contributed by atoms with Gasteiger partial charge in [-0.3, -0.25) is 4.79 Å². The second-order valence-electron chi connectivity index (χ2n) is 7.73. The van der Waals surface area contributed by atoms with Crippen LogP contribution in [-0.2, 0) is 4.74 Å². The Morgan fingerprint density at radius 3 is 2.69 bits per heavy atom. The molecule has 0 spiro atoms. The number of carbonyl (C=O) groups excluding carboxylic acids is 1. The van der Waals surface area contributed by atoms with E-state index in [0.717, 1.165) is 64.7 Å². The minimum Gasteiger partial charge on any atom is -0.378 e. The first kappa shape index (κ1) is 20.4. The first-order chi connectivity index (χ1) is 15.6. The molecule has 32 heavy (non-hydrogen) atoms. The number of nitrogens with one attached hydrogen (secondary N) is 1. The molecule has 0 atom stereocenters. The summed E-state index contributed by atoms with van der Waals surface area (Å²) < 4.78 is 5.41. The van der Waals surface area contributed by atoms with Crippen LogP contribution in [0.3, 0.4) is 0 Å². The summed E-state index contributed by atoms with van der Waals surface area (Å²) >= 11 is 1.36. The number of ether oxygens (including phenoxy) is 1. The SMILES string of the molecule is Cc1ccc(C(=O)Nc2ccc(N3CCOCC3)cc2)cc1-c1cnc2sc(N)nc2c1. The van der Waals surface area contributed by atoms with Crippen molar-refractivity contribution in [2.75, 3.05) is 42.3 Å². The molecule has 1 aliphatic heterocycles. The summed E-state index contributed by atoms with van der Waals surface area (Å²) in [5.74, 6) is -0.155. The monoisotopic (exact) mass is 445 g/mol. The first-order valence-corrected chi connectivity index (χ1v) is 11.3. The maximum absolute atomic E-state index is 12.9. The molecule has 3 N–H and O–H groups in total. The molecule has 1 aliphatic rings. The van der Waals surface area contributed by atoms with Crippen LogP contribution in [0.15, 0.2) is 54.7 Å². The number of rotatable bonds is 4. The number of pyridine rings is 1. The van der Waals surface area contributed by atoms with Crippen LogP contribution in [0.1, 0.15) is 15.9 Å². The molecule has 5 rings (SSSR count). The zero-order chi connectivity index (χ0) is 22.1. The highest BCUT2D eigenvalue weighted by atomic mass is 32.1. The molecular weight excluding hydrogens is 422 g/mol. The van der Waals surface area contributed by atoms with Crippen molar-refractivity contribution in [1.29, 1.82) is 0 Å². The molecule has 1 amide bonds. The van der Waals surface area contributed by atoms with Gasteiger partial charge >= 0.3 is 0 Å². The molecule has 0 aliphatic carbocycles. The van der Waals surface area contributed by atoms with Gasteiger partial charge in [-0.2, -0.15) is 0 Å². The van der Waals surface area contributed by atoms with Gasteiger partial charge in [-0.05, 0) is 60.5 Å². The molecule has 0 bridgehead atoms. The van der Waals surface area contributed by atoms with Crippen molar-refractivity contribution in [3.05, 3.63) is 65.9 Å². The fourth-order valence-electron chi connectivity index (χ4n) is 3.84. The number of fused-ring (bicyclic) bond motifs is 1. The summed E-state index contributed by atoms with van der Waals surface area (Å²) in [5.41, 5.74) is 12.0. The van der Waals surface area contributed by atoms with Gasteiger partial charge in [0, 0.05) is 41.8 Å². The Hall–Kier alpha value is -3.49. The zero-order valence-electron chi connectivity index (χ0n) is 17.7. The largest absolute Gasteiger partial charge is 0.378 e. The summed E-state index contributed by atoms with van der Waals surface area (Å²) in [6.07, 6.45) is 1.80. The standard InChI is InChI=1S/C24H23N5O2S/c1-15-2-3-16(12-20(15)17-13-21-23(26-14-17)32-24(25)28-21)22(30)27-18-4-6-19(7-5-18)29-8-10-31-11-9-29/h2-7,12-14H,8-11H2,1H3,(H2,25,28)(H,27,30). The number of nitrogens with two attached hydrogens (primary N) is 1. The van der Waals surface area contributed by atoms with Gasteiger partial charge in [0.1, 0.15) is 10.3 Å². The lowest BCUT2D eigenvalue weighted by molar-refractivity contribution is 0.102. The molecule has 1 fully saturated rings. The van der Waals surface area contributed by atoms with Gasteiger partial charge in [-0.25, -0.2) is 9.97 Å². The van der Waals surface area contributed by atoms with Crippen molar-refractivity contribution in [1.82, 2.24) is 9.97 Å². The van der Waals surface area contributed by atoms with Crippen LogP contribution in [0, 0.1) is 6.92 Å². The molecule has 3 heterocycles. The van der Waals surface area contributed by atoms with E-state index in [4.69, 9.17) is 10.5 Å². The molecule has 2 aromatic heterocycles. The number of carbonyl (C=O) groups is 1. The highest BCUT2D eigenvalue weighted by Gasteiger charge is 2.14. The van der Waals surface area contributed by atoms with E-state index >= 15 is 0 Å². The molecule has 0 unspecified atom stereocenters. The third-order valence-corrected chi connectivity index (χ3v) is 6.38. The number of aromatic nitrogens is 2. The normalized spacial score (nSPS) is 14.0. The summed E-state index contributed by atoms with van der Waals surface area (Å²) in [5, 5.41) is 3.49. The highest BCUT2D eigenvalue weighted by Crippen LogP contribution is 2.29. The predicted octanol–water partition coefficient (Wildman–Crippen LogP) is 4.34. The Kier molecular flexibility index (Phi) is 5.46. The summed E-state index contributed by atoms with van der Waals surface area (Å²) in [7, 11) is 0. The summed E-state index contributed by atoms with van der Waals surface area (Å²) in [4.78, 5) is 24.8. The Balaban J connectivity index is 1.35. The molecule has 7 nitrogen and oxygen atoms in total. The lowest BCUT2D eigenvalue weighted by atomic mass is 9.99. The zero-order valence-corrected chi connectivity index (χ0v) is 18.5. The molecule has 1 saturated heterocycles. The number of morpholine rings is 1. The van der Waals surface area contributed by atoms with Gasteiger partial charge in [-0.1, -0.05) is 17.4 Å².